The molecule has 0 aliphatic heterocycles. The zero-order valence-electron chi connectivity index (χ0n) is 20.5. The standard InChI is InChI=1S/C26H20ClF2N7O2/c1-14-9-33-35(12-14)26-30-5-4-19(34-26)20-8-22(15(2)10-31-20)36-16(3)6-23(24(27)25(36)37)38-13-21-18(29)7-17(28)11-32-21/h4-12H,13H2,1-3H3. The summed E-state index contributed by atoms with van der Waals surface area (Å²) in [7, 11) is 0. The molecule has 0 fully saturated rings. The Hall–Kier alpha value is -4.51. The predicted octanol–water partition coefficient (Wildman–Crippen LogP) is 4.71. The fourth-order valence-corrected chi connectivity index (χ4v) is 3.99. The SMILES string of the molecule is Cc1cnn(-c2nccc(-c3cc(-n4c(C)cc(OCc5ncc(F)cc5F)c(Cl)c4=O)c(C)cn3)n2)c1. The summed E-state index contributed by atoms with van der Waals surface area (Å²) in [6, 6.07) is 5.72. The Kier molecular flexibility index (Phi) is 6.68. The molecule has 0 aromatic carbocycles. The van der Waals surface area contributed by atoms with E-state index in [-0.39, 0.29) is 23.1 Å². The first kappa shape index (κ1) is 25.2. The molecular formula is C26H20ClF2N7O2. The van der Waals surface area contributed by atoms with Gasteiger partial charge in [-0.15, -0.1) is 0 Å². The van der Waals surface area contributed by atoms with Crippen LogP contribution in [0.15, 0.2) is 60.0 Å². The van der Waals surface area contributed by atoms with E-state index in [1.54, 1.807) is 48.4 Å². The fraction of sp³-hybridized carbons (Fsp3) is 0.154. The van der Waals surface area contributed by atoms with Gasteiger partial charge in [-0.25, -0.2) is 23.4 Å². The van der Waals surface area contributed by atoms with Crippen molar-refractivity contribution in [2.45, 2.75) is 27.4 Å². The number of aromatic nitrogens is 7. The first-order valence-corrected chi connectivity index (χ1v) is 11.8. The molecule has 5 rings (SSSR count). The topological polar surface area (TPSA) is 101 Å². The predicted molar refractivity (Wildman–Crippen MR) is 136 cm³/mol. The number of hydrogen-bond acceptors (Lipinski definition) is 7. The molecule has 0 aliphatic rings. The van der Waals surface area contributed by atoms with Crippen molar-refractivity contribution >= 4 is 11.6 Å². The van der Waals surface area contributed by atoms with Gasteiger partial charge >= 0.3 is 0 Å². The van der Waals surface area contributed by atoms with E-state index in [9.17, 15) is 13.6 Å². The summed E-state index contributed by atoms with van der Waals surface area (Å²) >= 11 is 6.37. The van der Waals surface area contributed by atoms with Crippen LogP contribution in [0.3, 0.4) is 0 Å². The second kappa shape index (κ2) is 10.1. The van der Waals surface area contributed by atoms with Crippen LogP contribution in [0.4, 0.5) is 8.78 Å². The number of pyridine rings is 3. The summed E-state index contributed by atoms with van der Waals surface area (Å²) < 4.78 is 35.6. The van der Waals surface area contributed by atoms with E-state index >= 15 is 0 Å². The minimum Gasteiger partial charge on any atom is -0.485 e. The first-order valence-electron chi connectivity index (χ1n) is 11.4. The van der Waals surface area contributed by atoms with Crippen molar-refractivity contribution in [2.75, 3.05) is 0 Å². The monoisotopic (exact) mass is 535 g/mol. The lowest BCUT2D eigenvalue weighted by atomic mass is 10.1. The second-order valence-electron chi connectivity index (χ2n) is 8.54. The molecule has 0 aliphatic carbocycles. The minimum atomic E-state index is -0.860. The molecule has 0 amide bonds. The molecule has 192 valence electrons. The third kappa shape index (κ3) is 4.88. The molecule has 0 saturated carbocycles. The van der Waals surface area contributed by atoms with Gasteiger partial charge in [0.1, 0.15) is 28.9 Å². The van der Waals surface area contributed by atoms with Gasteiger partial charge < -0.3 is 4.74 Å². The highest BCUT2D eigenvalue weighted by Gasteiger charge is 2.18. The Bertz CT molecular complexity index is 1740. The van der Waals surface area contributed by atoms with Crippen LogP contribution in [0.2, 0.25) is 5.02 Å². The number of nitrogens with zero attached hydrogens (tertiary/aromatic N) is 7. The quantitative estimate of drug-likeness (QED) is 0.310. The molecule has 38 heavy (non-hydrogen) atoms. The molecule has 0 radical (unpaired) electrons. The Morgan fingerprint density at radius 3 is 2.55 bits per heavy atom. The Morgan fingerprint density at radius 2 is 1.82 bits per heavy atom. The summed E-state index contributed by atoms with van der Waals surface area (Å²) in [6.07, 6.45) is 7.64. The molecule has 5 aromatic heterocycles. The van der Waals surface area contributed by atoms with Crippen molar-refractivity contribution in [3.05, 3.63) is 105 Å². The maximum absolute atomic E-state index is 13.9. The van der Waals surface area contributed by atoms with E-state index in [0.29, 0.717) is 34.8 Å². The molecule has 5 aromatic rings. The van der Waals surface area contributed by atoms with Gasteiger partial charge in [0.15, 0.2) is 5.82 Å². The number of ether oxygens (including phenoxy) is 1. The summed E-state index contributed by atoms with van der Waals surface area (Å²) in [4.78, 5) is 30.3. The normalized spacial score (nSPS) is 11.1. The summed E-state index contributed by atoms with van der Waals surface area (Å²) in [5.74, 6) is -1.23. The van der Waals surface area contributed by atoms with Crippen molar-refractivity contribution in [1.29, 1.82) is 0 Å². The molecule has 0 spiro atoms. The van der Waals surface area contributed by atoms with E-state index < -0.39 is 17.2 Å². The molecule has 0 unspecified atom stereocenters. The number of halogens is 3. The molecule has 0 N–H and O–H groups in total. The van der Waals surface area contributed by atoms with Crippen molar-refractivity contribution in [3.8, 4) is 28.8 Å². The van der Waals surface area contributed by atoms with Crippen LogP contribution >= 0.6 is 11.6 Å². The Morgan fingerprint density at radius 1 is 1.00 bits per heavy atom. The van der Waals surface area contributed by atoms with E-state index in [1.807, 2.05) is 20.0 Å². The minimum absolute atomic E-state index is 0.0535. The van der Waals surface area contributed by atoms with E-state index in [1.165, 1.54) is 4.57 Å². The average molecular weight is 536 g/mol. The van der Waals surface area contributed by atoms with Crippen LogP contribution in [-0.4, -0.2) is 34.3 Å². The Balaban J connectivity index is 1.50. The highest BCUT2D eigenvalue weighted by molar-refractivity contribution is 6.31. The maximum atomic E-state index is 13.9. The number of aryl methyl sites for hydroxylation is 3. The van der Waals surface area contributed by atoms with Gasteiger partial charge in [0.2, 0.25) is 0 Å². The third-order valence-corrected chi connectivity index (χ3v) is 6.03. The molecule has 0 saturated heterocycles. The average Bonchev–Trinajstić information content (AvgIpc) is 3.33. The van der Waals surface area contributed by atoms with Gasteiger partial charge in [0.25, 0.3) is 11.5 Å². The summed E-state index contributed by atoms with van der Waals surface area (Å²) in [6.45, 7) is 5.11. The maximum Gasteiger partial charge on any atom is 0.277 e. The van der Waals surface area contributed by atoms with Crippen molar-refractivity contribution in [1.82, 2.24) is 34.3 Å². The highest BCUT2D eigenvalue weighted by Crippen LogP contribution is 2.27. The second-order valence-corrected chi connectivity index (χ2v) is 8.91. The van der Waals surface area contributed by atoms with E-state index in [2.05, 4.69) is 25.0 Å². The highest BCUT2D eigenvalue weighted by atomic mass is 35.5. The fourth-order valence-electron chi connectivity index (χ4n) is 3.80. The zero-order valence-corrected chi connectivity index (χ0v) is 21.2. The third-order valence-electron chi connectivity index (χ3n) is 5.69. The van der Waals surface area contributed by atoms with E-state index in [4.69, 9.17) is 16.3 Å². The van der Waals surface area contributed by atoms with Gasteiger partial charge in [0.05, 0.1) is 29.5 Å². The molecule has 5 heterocycles. The van der Waals surface area contributed by atoms with Crippen molar-refractivity contribution < 1.29 is 13.5 Å². The van der Waals surface area contributed by atoms with Crippen LogP contribution in [0.25, 0.3) is 23.0 Å². The number of rotatable bonds is 6. The van der Waals surface area contributed by atoms with Crippen LogP contribution in [0, 0.1) is 32.4 Å². The van der Waals surface area contributed by atoms with Gasteiger partial charge in [-0.3, -0.25) is 19.3 Å². The molecule has 9 nitrogen and oxygen atoms in total. The lowest BCUT2D eigenvalue weighted by Crippen LogP contribution is -2.23. The molecule has 12 heteroatoms. The first-order chi connectivity index (χ1) is 18.2. The van der Waals surface area contributed by atoms with Gasteiger partial charge in [-0.05, 0) is 44.0 Å². The van der Waals surface area contributed by atoms with Gasteiger partial charge in [0, 0.05) is 36.4 Å². The van der Waals surface area contributed by atoms with Crippen molar-refractivity contribution in [2.24, 2.45) is 0 Å². The van der Waals surface area contributed by atoms with Crippen LogP contribution in [-0.2, 0) is 6.61 Å². The van der Waals surface area contributed by atoms with Gasteiger partial charge in [-0.1, -0.05) is 11.6 Å². The lowest BCUT2D eigenvalue weighted by molar-refractivity contribution is 0.292. The summed E-state index contributed by atoms with van der Waals surface area (Å²) in [5, 5.41) is 4.04. The molecular weight excluding hydrogens is 516 g/mol. The van der Waals surface area contributed by atoms with Gasteiger partial charge in [-0.2, -0.15) is 5.10 Å². The lowest BCUT2D eigenvalue weighted by Gasteiger charge is -2.16. The zero-order chi connectivity index (χ0) is 27.0. The largest absolute Gasteiger partial charge is 0.485 e. The summed E-state index contributed by atoms with van der Waals surface area (Å²) in [5.41, 5.74) is 3.14. The van der Waals surface area contributed by atoms with E-state index in [0.717, 1.165) is 17.3 Å². The Labute approximate surface area is 220 Å². The smallest absolute Gasteiger partial charge is 0.277 e. The number of hydrogen-bond donors (Lipinski definition) is 0. The molecule has 0 atom stereocenters. The van der Waals surface area contributed by atoms with Crippen molar-refractivity contribution in [3.63, 3.8) is 0 Å². The van der Waals surface area contributed by atoms with Crippen LogP contribution in [0.1, 0.15) is 22.5 Å². The van der Waals surface area contributed by atoms with Crippen LogP contribution < -0.4 is 10.3 Å². The van der Waals surface area contributed by atoms with Crippen LogP contribution in [0.5, 0.6) is 5.75 Å². The molecule has 0 bridgehead atoms.